The molecule has 3 atom stereocenters. The molecule has 2 aromatic rings. The van der Waals surface area contributed by atoms with Gasteiger partial charge in [-0.25, -0.2) is 0 Å². The fourth-order valence-corrected chi connectivity index (χ4v) is 3.89. The van der Waals surface area contributed by atoms with Gasteiger partial charge < -0.3 is 4.90 Å². The van der Waals surface area contributed by atoms with Crippen LogP contribution in [0.3, 0.4) is 0 Å². The molecule has 0 radical (unpaired) electrons. The fourth-order valence-electron chi connectivity index (χ4n) is 3.47. The molecule has 1 fully saturated rings. The van der Waals surface area contributed by atoms with Crippen molar-refractivity contribution in [3.05, 3.63) is 71.8 Å². The van der Waals surface area contributed by atoms with Gasteiger partial charge in [0, 0.05) is 7.05 Å². The van der Waals surface area contributed by atoms with Crippen LogP contribution in [0.1, 0.15) is 23.3 Å². The largest absolute Gasteiger partial charge is 0.323 e. The molecule has 0 bridgehead atoms. The van der Waals surface area contributed by atoms with Gasteiger partial charge in [-0.1, -0.05) is 72.3 Å². The standard InChI is InChI=1S/C19H18ClN3O/c1-22-16(14-9-5-3-6-10-14)19(20,13-21)18(24)23(2)17(22)15-11-7-4-8-12-15/h3-12,16-17H,1-2H3/t16-,17+,19+/m0/s1. The molecule has 0 aliphatic carbocycles. The highest BCUT2D eigenvalue weighted by Crippen LogP contribution is 2.46. The van der Waals surface area contributed by atoms with Crippen LogP contribution in [0.4, 0.5) is 0 Å². The predicted molar refractivity (Wildman–Crippen MR) is 93.1 cm³/mol. The summed E-state index contributed by atoms with van der Waals surface area (Å²) >= 11 is 6.56. The van der Waals surface area contributed by atoms with Crippen molar-refractivity contribution in [3.63, 3.8) is 0 Å². The second-order valence-corrected chi connectivity index (χ2v) is 6.60. The molecule has 0 N–H and O–H groups in total. The maximum atomic E-state index is 12.9. The Morgan fingerprint density at radius 2 is 1.50 bits per heavy atom. The number of nitriles is 1. The Balaban J connectivity index is 2.14. The van der Waals surface area contributed by atoms with E-state index < -0.39 is 10.9 Å². The van der Waals surface area contributed by atoms with E-state index in [0.717, 1.165) is 11.1 Å². The van der Waals surface area contributed by atoms with Crippen molar-refractivity contribution in [2.75, 3.05) is 14.1 Å². The molecule has 1 saturated heterocycles. The highest BCUT2D eigenvalue weighted by atomic mass is 35.5. The molecule has 0 aromatic heterocycles. The summed E-state index contributed by atoms with van der Waals surface area (Å²) in [4.78, 5) is 14.8. The Hall–Kier alpha value is -2.35. The van der Waals surface area contributed by atoms with Gasteiger partial charge in [0.2, 0.25) is 4.87 Å². The van der Waals surface area contributed by atoms with Gasteiger partial charge in [-0.2, -0.15) is 5.26 Å². The third kappa shape index (κ3) is 2.47. The van der Waals surface area contributed by atoms with Crippen molar-refractivity contribution in [1.29, 1.82) is 5.26 Å². The normalized spacial score (nSPS) is 27.8. The number of halogens is 1. The van der Waals surface area contributed by atoms with E-state index in [4.69, 9.17) is 11.6 Å². The van der Waals surface area contributed by atoms with Crippen LogP contribution >= 0.6 is 11.6 Å². The molecule has 5 heteroatoms. The smallest absolute Gasteiger partial charge is 0.261 e. The molecule has 1 aliphatic heterocycles. The Labute approximate surface area is 146 Å². The number of carbonyl (C=O) groups excluding carboxylic acids is 1. The van der Waals surface area contributed by atoms with E-state index >= 15 is 0 Å². The third-order valence-corrected chi connectivity index (χ3v) is 5.00. The first-order chi connectivity index (χ1) is 11.5. The number of carbonyl (C=O) groups is 1. The van der Waals surface area contributed by atoms with Crippen LogP contribution in [-0.4, -0.2) is 34.7 Å². The van der Waals surface area contributed by atoms with Gasteiger partial charge in [0.15, 0.2) is 0 Å². The van der Waals surface area contributed by atoms with Gasteiger partial charge in [0.1, 0.15) is 6.17 Å². The number of hydrogen-bond acceptors (Lipinski definition) is 3. The molecule has 1 aliphatic rings. The zero-order valence-electron chi connectivity index (χ0n) is 13.6. The summed E-state index contributed by atoms with van der Waals surface area (Å²) in [5.74, 6) is -0.382. The average Bonchev–Trinajstić information content (AvgIpc) is 2.62. The SMILES string of the molecule is CN1C(=O)[C@@](Cl)(C#N)[C@H](c2ccccc2)N(C)[C@H]1c1ccccc1. The highest BCUT2D eigenvalue weighted by Gasteiger charge is 2.56. The van der Waals surface area contributed by atoms with Crippen LogP contribution in [0.15, 0.2) is 60.7 Å². The van der Waals surface area contributed by atoms with E-state index in [1.807, 2.05) is 78.7 Å². The molecule has 1 heterocycles. The van der Waals surface area contributed by atoms with E-state index in [2.05, 4.69) is 0 Å². The summed E-state index contributed by atoms with van der Waals surface area (Å²) in [6, 6.07) is 20.7. The van der Waals surface area contributed by atoms with Crippen LogP contribution in [0.25, 0.3) is 0 Å². The Bertz CT molecular complexity index is 774. The van der Waals surface area contributed by atoms with Crippen LogP contribution in [0.2, 0.25) is 0 Å². The van der Waals surface area contributed by atoms with Crippen molar-refractivity contribution in [2.45, 2.75) is 17.1 Å². The third-order valence-electron chi connectivity index (χ3n) is 4.54. The van der Waals surface area contributed by atoms with Gasteiger partial charge >= 0.3 is 0 Å². The molecule has 0 saturated carbocycles. The molecular weight excluding hydrogens is 322 g/mol. The lowest BCUT2D eigenvalue weighted by molar-refractivity contribution is -0.148. The summed E-state index contributed by atoms with van der Waals surface area (Å²) in [6.07, 6.45) is -0.288. The van der Waals surface area contributed by atoms with Crippen molar-refractivity contribution in [2.24, 2.45) is 0 Å². The van der Waals surface area contributed by atoms with E-state index in [0.29, 0.717) is 0 Å². The quantitative estimate of drug-likeness (QED) is 0.788. The van der Waals surface area contributed by atoms with Crippen molar-refractivity contribution < 1.29 is 4.79 Å². The number of benzene rings is 2. The van der Waals surface area contributed by atoms with Gasteiger partial charge in [-0.05, 0) is 18.2 Å². The molecule has 0 unspecified atom stereocenters. The first-order valence-electron chi connectivity index (χ1n) is 7.70. The zero-order valence-corrected chi connectivity index (χ0v) is 14.3. The maximum absolute atomic E-state index is 12.9. The maximum Gasteiger partial charge on any atom is 0.261 e. The monoisotopic (exact) mass is 339 g/mol. The van der Waals surface area contributed by atoms with E-state index in [1.165, 1.54) is 0 Å². The summed E-state index contributed by atoms with van der Waals surface area (Å²) in [6.45, 7) is 0. The second kappa shape index (κ2) is 6.27. The number of rotatable bonds is 2. The number of alkyl halides is 1. The van der Waals surface area contributed by atoms with E-state index in [-0.39, 0.29) is 12.1 Å². The summed E-state index contributed by atoms with van der Waals surface area (Å²) in [7, 11) is 3.58. The van der Waals surface area contributed by atoms with Gasteiger partial charge in [-0.3, -0.25) is 9.69 Å². The minimum absolute atomic E-state index is 0.288. The molecule has 3 rings (SSSR count). The first-order valence-corrected chi connectivity index (χ1v) is 8.07. The average molecular weight is 340 g/mol. The molecule has 24 heavy (non-hydrogen) atoms. The summed E-state index contributed by atoms with van der Waals surface area (Å²) in [5, 5.41) is 9.69. The number of nitrogens with zero attached hydrogens (tertiary/aromatic N) is 3. The van der Waals surface area contributed by atoms with Crippen LogP contribution in [-0.2, 0) is 4.79 Å². The minimum atomic E-state index is -1.66. The lowest BCUT2D eigenvalue weighted by Crippen LogP contribution is -2.60. The molecule has 4 nitrogen and oxygen atoms in total. The summed E-state index contributed by atoms with van der Waals surface area (Å²) < 4.78 is 0. The Morgan fingerprint density at radius 3 is 2.00 bits per heavy atom. The Kier molecular flexibility index (Phi) is 4.31. The second-order valence-electron chi connectivity index (χ2n) is 6.00. The van der Waals surface area contributed by atoms with Gasteiger partial charge in [0.25, 0.3) is 5.91 Å². The highest BCUT2D eigenvalue weighted by molar-refractivity contribution is 6.38. The number of amides is 1. The molecule has 122 valence electrons. The Morgan fingerprint density at radius 1 is 1.00 bits per heavy atom. The van der Waals surface area contributed by atoms with Crippen molar-refractivity contribution in [3.8, 4) is 6.07 Å². The lowest BCUT2D eigenvalue weighted by Gasteiger charge is -2.50. The topological polar surface area (TPSA) is 47.3 Å². The zero-order chi connectivity index (χ0) is 17.3. The van der Waals surface area contributed by atoms with Crippen LogP contribution in [0.5, 0.6) is 0 Å². The van der Waals surface area contributed by atoms with E-state index in [9.17, 15) is 10.1 Å². The van der Waals surface area contributed by atoms with Crippen LogP contribution < -0.4 is 0 Å². The first kappa shape index (κ1) is 16.5. The number of hydrogen-bond donors (Lipinski definition) is 0. The fraction of sp³-hybridized carbons (Fsp3) is 0.263. The summed E-state index contributed by atoms with van der Waals surface area (Å²) in [5.41, 5.74) is 1.83. The van der Waals surface area contributed by atoms with Crippen molar-refractivity contribution in [1.82, 2.24) is 9.80 Å². The minimum Gasteiger partial charge on any atom is -0.323 e. The lowest BCUT2D eigenvalue weighted by atomic mass is 9.86. The molecule has 0 spiro atoms. The molecule has 2 aromatic carbocycles. The van der Waals surface area contributed by atoms with Gasteiger partial charge in [-0.15, -0.1) is 0 Å². The van der Waals surface area contributed by atoms with Gasteiger partial charge in [0.05, 0.1) is 12.1 Å². The predicted octanol–water partition coefficient (Wildman–Crippen LogP) is 3.33. The molecular formula is C19H18ClN3O. The van der Waals surface area contributed by atoms with E-state index in [1.54, 1.807) is 11.9 Å². The van der Waals surface area contributed by atoms with Crippen LogP contribution in [0, 0.1) is 11.3 Å². The molecule has 1 amide bonds. The van der Waals surface area contributed by atoms with Crippen molar-refractivity contribution >= 4 is 17.5 Å².